The van der Waals surface area contributed by atoms with Gasteiger partial charge in [-0.25, -0.2) is 24.9 Å². The lowest BCUT2D eigenvalue weighted by Crippen LogP contribution is -1.95. The molecule has 0 unspecified atom stereocenters. The summed E-state index contributed by atoms with van der Waals surface area (Å²) in [5.74, 6) is 0. The first-order chi connectivity index (χ1) is 7.33. The number of rotatable bonds is 0. The van der Waals surface area contributed by atoms with Gasteiger partial charge in [-0.05, 0) is 19.1 Å². The Morgan fingerprint density at radius 2 is 1.87 bits per heavy atom. The van der Waals surface area contributed by atoms with Crippen LogP contribution in [0.1, 0.15) is 5.69 Å². The second-order valence-corrected chi connectivity index (χ2v) is 3.23. The Morgan fingerprint density at radius 1 is 0.933 bits per heavy atom. The fraction of sp³-hybridized carbons (Fsp3) is 0.100. The van der Waals surface area contributed by atoms with Crippen molar-refractivity contribution < 1.29 is 0 Å². The number of aromatic nitrogens is 5. The third-order valence-electron chi connectivity index (χ3n) is 2.06. The van der Waals surface area contributed by atoms with E-state index in [0.717, 1.165) is 11.2 Å². The minimum atomic E-state index is 0.534. The summed E-state index contributed by atoms with van der Waals surface area (Å²) in [6.45, 7) is 1.88. The highest BCUT2D eigenvalue weighted by Crippen LogP contribution is 2.10. The summed E-state index contributed by atoms with van der Waals surface area (Å²) < 4.78 is 0. The molecule has 0 aromatic carbocycles. The fourth-order valence-corrected chi connectivity index (χ4v) is 1.39. The van der Waals surface area contributed by atoms with Crippen molar-refractivity contribution in [2.24, 2.45) is 0 Å². The van der Waals surface area contributed by atoms with Crippen LogP contribution in [0.2, 0.25) is 0 Å². The molecule has 0 bridgehead atoms. The van der Waals surface area contributed by atoms with Gasteiger partial charge in [0, 0.05) is 6.20 Å². The van der Waals surface area contributed by atoms with Gasteiger partial charge in [0.05, 0.1) is 11.9 Å². The average molecular weight is 197 g/mol. The molecule has 0 aliphatic carbocycles. The lowest BCUT2D eigenvalue weighted by atomic mass is 10.4. The molecule has 3 rings (SSSR count). The topological polar surface area (TPSA) is 64.5 Å². The molecular formula is C10H7N5. The van der Waals surface area contributed by atoms with Gasteiger partial charge >= 0.3 is 0 Å². The summed E-state index contributed by atoms with van der Waals surface area (Å²) in [6, 6.07) is 3.69. The van der Waals surface area contributed by atoms with Gasteiger partial charge < -0.3 is 0 Å². The third kappa shape index (κ3) is 1.28. The van der Waals surface area contributed by atoms with E-state index in [1.807, 2.05) is 19.1 Å². The van der Waals surface area contributed by atoms with Crippen LogP contribution >= 0.6 is 0 Å². The molecule has 0 saturated heterocycles. The molecule has 0 spiro atoms. The number of fused-ring (bicyclic) bond motifs is 2. The van der Waals surface area contributed by atoms with Crippen molar-refractivity contribution in [1.82, 2.24) is 24.9 Å². The number of aryl methyl sites for hydroxylation is 1. The van der Waals surface area contributed by atoms with E-state index in [9.17, 15) is 0 Å². The fourth-order valence-electron chi connectivity index (χ4n) is 1.39. The Balaban J connectivity index is 2.47. The Bertz CT molecular complexity index is 649. The van der Waals surface area contributed by atoms with Crippen molar-refractivity contribution in [1.29, 1.82) is 0 Å². The molecule has 0 atom stereocenters. The Labute approximate surface area is 85.3 Å². The summed E-state index contributed by atoms with van der Waals surface area (Å²) in [7, 11) is 0. The standard InChI is InChI=1S/C10H7N5/c1-6-5-12-9-10(13-6)14-7-3-2-4-11-8(7)15-9/h2-5H,1H3. The molecule has 0 aliphatic rings. The minimum absolute atomic E-state index is 0.534. The summed E-state index contributed by atoms with van der Waals surface area (Å²) in [4.78, 5) is 21.1. The second kappa shape index (κ2) is 2.91. The molecule has 0 fully saturated rings. The van der Waals surface area contributed by atoms with E-state index in [2.05, 4.69) is 24.9 Å². The largest absolute Gasteiger partial charge is 0.235 e. The molecule has 0 aliphatic heterocycles. The van der Waals surface area contributed by atoms with Crippen LogP contribution in [0, 0.1) is 6.92 Å². The van der Waals surface area contributed by atoms with Crippen LogP contribution in [0.4, 0.5) is 0 Å². The molecular weight excluding hydrogens is 190 g/mol. The van der Waals surface area contributed by atoms with Gasteiger partial charge in [0.25, 0.3) is 0 Å². The van der Waals surface area contributed by atoms with Crippen molar-refractivity contribution in [3.8, 4) is 0 Å². The van der Waals surface area contributed by atoms with Crippen molar-refractivity contribution in [2.45, 2.75) is 6.92 Å². The summed E-state index contributed by atoms with van der Waals surface area (Å²) in [5, 5.41) is 0. The second-order valence-electron chi connectivity index (χ2n) is 3.23. The van der Waals surface area contributed by atoms with Gasteiger partial charge in [0.2, 0.25) is 0 Å². The molecule has 0 radical (unpaired) electrons. The van der Waals surface area contributed by atoms with E-state index in [4.69, 9.17) is 0 Å². The maximum absolute atomic E-state index is 4.34. The zero-order valence-electron chi connectivity index (χ0n) is 8.05. The molecule has 0 amide bonds. The molecule has 72 valence electrons. The van der Waals surface area contributed by atoms with Crippen LogP contribution in [0.3, 0.4) is 0 Å². The molecule has 0 N–H and O–H groups in total. The van der Waals surface area contributed by atoms with Crippen LogP contribution in [0.15, 0.2) is 24.5 Å². The SMILES string of the molecule is Cc1cnc2nc3ncccc3nc2n1. The predicted molar refractivity (Wildman–Crippen MR) is 55.2 cm³/mol. The Hall–Kier alpha value is -2.17. The molecule has 5 nitrogen and oxygen atoms in total. The number of hydrogen-bond acceptors (Lipinski definition) is 5. The van der Waals surface area contributed by atoms with E-state index in [0.29, 0.717) is 16.9 Å². The van der Waals surface area contributed by atoms with E-state index < -0.39 is 0 Å². The number of nitrogens with zero attached hydrogens (tertiary/aromatic N) is 5. The van der Waals surface area contributed by atoms with Crippen LogP contribution in [-0.2, 0) is 0 Å². The first-order valence-corrected chi connectivity index (χ1v) is 4.55. The summed E-state index contributed by atoms with van der Waals surface area (Å²) in [5.41, 5.74) is 3.27. The smallest absolute Gasteiger partial charge is 0.199 e. The van der Waals surface area contributed by atoms with E-state index >= 15 is 0 Å². The highest BCUT2D eigenvalue weighted by atomic mass is 15.0. The Kier molecular flexibility index (Phi) is 1.58. The number of pyridine rings is 1. The maximum Gasteiger partial charge on any atom is 0.199 e. The summed E-state index contributed by atoms with van der Waals surface area (Å²) in [6.07, 6.45) is 3.36. The molecule has 0 saturated carbocycles. The monoisotopic (exact) mass is 197 g/mol. The van der Waals surface area contributed by atoms with Crippen molar-refractivity contribution in [3.05, 3.63) is 30.2 Å². The molecule has 15 heavy (non-hydrogen) atoms. The minimum Gasteiger partial charge on any atom is -0.235 e. The molecule has 3 heterocycles. The van der Waals surface area contributed by atoms with E-state index in [1.54, 1.807) is 12.4 Å². The zero-order chi connectivity index (χ0) is 10.3. The Morgan fingerprint density at radius 3 is 2.80 bits per heavy atom. The first-order valence-electron chi connectivity index (χ1n) is 4.55. The van der Waals surface area contributed by atoms with Gasteiger partial charge in [-0.3, -0.25) is 0 Å². The van der Waals surface area contributed by atoms with Crippen molar-refractivity contribution >= 4 is 22.5 Å². The molecule has 5 heteroatoms. The van der Waals surface area contributed by atoms with Crippen LogP contribution < -0.4 is 0 Å². The number of hydrogen-bond donors (Lipinski definition) is 0. The van der Waals surface area contributed by atoms with Crippen LogP contribution in [0.5, 0.6) is 0 Å². The first kappa shape index (κ1) is 8.16. The predicted octanol–water partition coefficient (Wildman–Crippen LogP) is 1.28. The van der Waals surface area contributed by atoms with Gasteiger partial charge in [-0.1, -0.05) is 0 Å². The molecule has 3 aromatic rings. The van der Waals surface area contributed by atoms with Crippen LogP contribution in [0.25, 0.3) is 22.5 Å². The quantitative estimate of drug-likeness (QED) is 0.508. The summed E-state index contributed by atoms with van der Waals surface area (Å²) >= 11 is 0. The van der Waals surface area contributed by atoms with Crippen molar-refractivity contribution in [3.63, 3.8) is 0 Å². The van der Waals surface area contributed by atoms with Gasteiger partial charge in [0.1, 0.15) is 5.52 Å². The lowest BCUT2D eigenvalue weighted by Gasteiger charge is -1.98. The van der Waals surface area contributed by atoms with Gasteiger partial charge in [-0.2, -0.15) is 0 Å². The molecule has 3 aromatic heterocycles. The van der Waals surface area contributed by atoms with E-state index in [1.165, 1.54) is 0 Å². The lowest BCUT2D eigenvalue weighted by molar-refractivity contribution is 1.12. The average Bonchev–Trinajstić information content (AvgIpc) is 2.26. The maximum atomic E-state index is 4.34. The normalized spacial score (nSPS) is 11.0. The van der Waals surface area contributed by atoms with Crippen LogP contribution in [-0.4, -0.2) is 24.9 Å². The highest BCUT2D eigenvalue weighted by Gasteiger charge is 2.03. The van der Waals surface area contributed by atoms with Crippen molar-refractivity contribution in [2.75, 3.05) is 0 Å². The third-order valence-corrected chi connectivity index (χ3v) is 2.06. The zero-order valence-corrected chi connectivity index (χ0v) is 8.05. The van der Waals surface area contributed by atoms with Gasteiger partial charge in [-0.15, -0.1) is 0 Å². The van der Waals surface area contributed by atoms with Gasteiger partial charge in [0.15, 0.2) is 16.9 Å². The highest BCUT2D eigenvalue weighted by molar-refractivity contribution is 5.79. The van der Waals surface area contributed by atoms with E-state index in [-0.39, 0.29) is 0 Å².